The molecular weight excluding hydrogens is 281 g/mol. The Balaban J connectivity index is 0. The number of hydrogen-bond donors (Lipinski definition) is 0. The van der Waals surface area contributed by atoms with Gasteiger partial charge < -0.3 is 12.4 Å². The molecule has 0 heterocycles. The van der Waals surface area contributed by atoms with Crippen LogP contribution >= 0.6 is 0 Å². The second kappa shape index (κ2) is 8.95. The Labute approximate surface area is 43.1 Å². The van der Waals surface area contributed by atoms with Gasteiger partial charge in [0.15, 0.2) is 0 Å². The fourth-order valence-electron chi connectivity index (χ4n) is 0. The summed E-state index contributed by atoms with van der Waals surface area (Å²) in [5.74, 6) is 0. The Bertz CT molecular complexity index is 6.00. The Morgan fingerprint density at radius 1 is 1.25 bits per heavy atom. The van der Waals surface area contributed by atoms with Crippen molar-refractivity contribution in [2.24, 2.45) is 0 Å². The van der Waals surface area contributed by atoms with Gasteiger partial charge in [-0.25, -0.2) is 0 Å². The normalized spacial score (nSPS) is 3.50. The standard InChI is InChI=1S/ClH.2FH.Pb/h3*1H;/q;;;+3/p-3. The van der Waals surface area contributed by atoms with E-state index < -0.39 is 25.5 Å². The number of halogens is 3. The van der Waals surface area contributed by atoms with Crippen LogP contribution in [-0.4, -0.2) is 25.5 Å². The molecule has 0 unspecified atom stereocenters. The molecule has 0 bridgehead atoms. The molecule has 4 heteroatoms. The predicted octanol–water partition coefficient (Wildman–Crippen LogP) is -2.54. The second-order valence-electron chi connectivity index (χ2n) is 0.0714. The Hall–Kier alpha value is 1.07. The summed E-state index contributed by atoms with van der Waals surface area (Å²) in [4.78, 5) is 0. The third kappa shape index (κ3) is 11.5. The number of hydrogen-bond acceptors (Lipinski definition) is 0. The average Bonchev–Trinajstić information content (AvgIpc) is 0.918. The number of rotatable bonds is 0. The summed E-state index contributed by atoms with van der Waals surface area (Å²) >= 11 is -2.92. The zero-order chi connectivity index (χ0) is 2.71. The third-order valence-electron chi connectivity index (χ3n) is 0. The van der Waals surface area contributed by atoms with Crippen molar-refractivity contribution < 1.29 is 17.4 Å². The zero-order valence-corrected chi connectivity index (χ0v) is 6.28. The first-order valence-corrected chi connectivity index (χ1v) is 3.32. The minimum absolute atomic E-state index is 0. The molecule has 0 aliphatic heterocycles. The summed E-state index contributed by atoms with van der Waals surface area (Å²) in [6.45, 7) is 0. The quantitative estimate of drug-likeness (QED) is 0.429. The van der Waals surface area contributed by atoms with E-state index in [2.05, 4.69) is 0 Å². The summed E-state index contributed by atoms with van der Waals surface area (Å²) in [6.07, 6.45) is 0. The summed E-state index contributed by atoms with van der Waals surface area (Å²) in [7, 11) is 0. The van der Waals surface area contributed by atoms with Crippen LogP contribution in [0.3, 0.4) is 0 Å². The molecule has 25 valence electrons. The van der Waals surface area contributed by atoms with Crippen LogP contribution in [-0.2, 0) is 0 Å². The molecule has 0 aliphatic carbocycles. The van der Waals surface area contributed by atoms with E-state index in [4.69, 9.17) is 0 Å². The molecule has 0 nitrogen and oxygen atoms in total. The topological polar surface area (TPSA) is 0 Å². The van der Waals surface area contributed by atoms with Gasteiger partial charge in [-0.1, -0.05) is 0 Å². The average molecular weight is 281 g/mol. The van der Waals surface area contributed by atoms with Gasteiger partial charge in [0, 0.05) is 0 Å². The molecule has 0 atom stereocenters. The first kappa shape index (κ1) is 8.91. The van der Waals surface area contributed by atoms with E-state index in [1.165, 1.54) is 0 Å². The van der Waals surface area contributed by atoms with Crippen molar-refractivity contribution in [3.05, 3.63) is 0 Å². The van der Waals surface area contributed by atoms with Crippen LogP contribution in [0.5, 0.6) is 0 Å². The molecule has 0 aliphatic rings. The van der Waals surface area contributed by atoms with Gasteiger partial charge in [0.1, 0.15) is 0 Å². The Kier molecular flexibility index (Phi) is 19.9. The molecule has 0 fully saturated rings. The molecule has 0 spiro atoms. The van der Waals surface area contributed by atoms with Gasteiger partial charge in [-0.05, 0) is 0 Å². The van der Waals surface area contributed by atoms with Gasteiger partial charge in [0.05, 0.1) is 0 Å². The first-order chi connectivity index (χ1) is 1.41. The molecule has 0 N–H and O–H groups in total. The van der Waals surface area contributed by atoms with E-state index in [9.17, 15) is 5.02 Å². The fraction of sp³-hybridized carbons (Fsp3) is 0. The van der Waals surface area contributed by atoms with Crippen molar-refractivity contribution in [3.63, 3.8) is 0 Å². The molecule has 0 saturated carbocycles. The summed E-state index contributed by atoms with van der Waals surface area (Å²) in [5, 5.41) is 0. The van der Waals surface area contributed by atoms with E-state index in [1.807, 2.05) is 0 Å². The fourth-order valence-corrected chi connectivity index (χ4v) is 0. The monoisotopic (exact) mass is 281 g/mol. The van der Waals surface area contributed by atoms with E-state index in [-0.39, 0.29) is 12.4 Å². The van der Waals surface area contributed by atoms with Crippen molar-refractivity contribution in [1.82, 2.24) is 0 Å². The SMILES string of the molecule is [Cl-].[F][Pb+][F]. The second-order valence-corrected chi connectivity index (χ2v) is 0.627. The van der Waals surface area contributed by atoms with E-state index >= 15 is 0 Å². The van der Waals surface area contributed by atoms with E-state index in [0.717, 1.165) is 0 Å². The summed E-state index contributed by atoms with van der Waals surface area (Å²) in [6, 6.07) is 0. The van der Waals surface area contributed by atoms with Crippen LogP contribution in [0.15, 0.2) is 0 Å². The van der Waals surface area contributed by atoms with Crippen LogP contribution in [0.1, 0.15) is 0 Å². The maximum atomic E-state index is 9.82. The summed E-state index contributed by atoms with van der Waals surface area (Å²) in [5.41, 5.74) is 0. The van der Waals surface area contributed by atoms with Crippen LogP contribution in [0.25, 0.3) is 0 Å². The molecule has 0 amide bonds. The molecule has 0 aromatic rings. The van der Waals surface area contributed by atoms with Crippen molar-refractivity contribution in [1.29, 1.82) is 0 Å². The first-order valence-electron chi connectivity index (χ1n) is 0.378. The molecule has 4 heavy (non-hydrogen) atoms. The maximum absolute atomic E-state index is 9.82. The van der Waals surface area contributed by atoms with Gasteiger partial charge in [-0.2, -0.15) is 0 Å². The van der Waals surface area contributed by atoms with Gasteiger partial charge in [-0.15, -0.1) is 0 Å². The molecular formula is ClF2Pb. The van der Waals surface area contributed by atoms with Gasteiger partial charge in [0.2, 0.25) is 0 Å². The summed E-state index contributed by atoms with van der Waals surface area (Å²) < 4.78 is 19.6. The predicted molar refractivity (Wildman–Crippen MR) is 7.97 cm³/mol. The van der Waals surface area contributed by atoms with Crippen LogP contribution < -0.4 is 12.4 Å². The molecule has 1 radical (unpaired) electrons. The molecule has 0 aromatic carbocycles. The minimum atomic E-state index is -2.92. The van der Waals surface area contributed by atoms with Gasteiger partial charge in [-0.3, -0.25) is 0 Å². The van der Waals surface area contributed by atoms with E-state index in [1.54, 1.807) is 0 Å². The van der Waals surface area contributed by atoms with Crippen molar-refractivity contribution >= 4 is 25.5 Å². The van der Waals surface area contributed by atoms with Crippen molar-refractivity contribution in [2.45, 2.75) is 0 Å². The zero-order valence-electron chi connectivity index (χ0n) is 1.63. The molecule has 0 rings (SSSR count). The Morgan fingerprint density at radius 3 is 1.25 bits per heavy atom. The molecule has 0 saturated heterocycles. The van der Waals surface area contributed by atoms with Gasteiger partial charge in [0.25, 0.3) is 0 Å². The van der Waals surface area contributed by atoms with Gasteiger partial charge >= 0.3 is 30.5 Å². The molecule has 0 aromatic heterocycles. The van der Waals surface area contributed by atoms with Crippen molar-refractivity contribution in [2.75, 3.05) is 0 Å². The third-order valence-corrected chi connectivity index (χ3v) is 0. The van der Waals surface area contributed by atoms with E-state index in [0.29, 0.717) is 0 Å². The Morgan fingerprint density at radius 2 is 1.25 bits per heavy atom. The van der Waals surface area contributed by atoms with Crippen LogP contribution in [0.4, 0.5) is 5.02 Å². The van der Waals surface area contributed by atoms with Crippen LogP contribution in [0, 0.1) is 0 Å². The van der Waals surface area contributed by atoms with Crippen LogP contribution in [0.2, 0.25) is 0 Å². The van der Waals surface area contributed by atoms with Crippen molar-refractivity contribution in [3.8, 4) is 0 Å².